The summed E-state index contributed by atoms with van der Waals surface area (Å²) in [5.41, 5.74) is 1.22. The maximum atomic E-state index is 13.1. The van der Waals surface area contributed by atoms with E-state index in [0.29, 0.717) is 31.0 Å². The molecule has 2 aromatic rings. The molecule has 1 heterocycles. The summed E-state index contributed by atoms with van der Waals surface area (Å²) in [6, 6.07) is 12.4. The summed E-state index contributed by atoms with van der Waals surface area (Å²) in [6.45, 7) is 0.701. The van der Waals surface area contributed by atoms with E-state index in [9.17, 15) is 14.0 Å². The third kappa shape index (κ3) is 4.37. The number of carboxylic acid groups (broad SMARTS) is 1. The van der Waals surface area contributed by atoms with Gasteiger partial charge in [-0.05, 0) is 35.9 Å². The zero-order valence-electron chi connectivity index (χ0n) is 13.9. The molecule has 1 saturated heterocycles. The number of hydrogen-bond acceptors (Lipinski definition) is 4. The Balaban J connectivity index is 1.70. The number of halogens is 1. The Hall–Kier alpha value is -2.93. The highest BCUT2D eigenvalue weighted by atomic mass is 19.1. The second kappa shape index (κ2) is 7.97. The molecule has 2 aromatic carbocycles. The monoisotopic (exact) mass is 359 g/mol. The van der Waals surface area contributed by atoms with Crippen molar-refractivity contribution in [1.29, 1.82) is 0 Å². The Bertz CT molecular complexity index is 793. The minimum absolute atomic E-state index is 0.193. The van der Waals surface area contributed by atoms with E-state index in [1.807, 2.05) is 0 Å². The van der Waals surface area contributed by atoms with Crippen molar-refractivity contribution >= 4 is 11.9 Å². The topological polar surface area (TPSA) is 76.1 Å². The summed E-state index contributed by atoms with van der Waals surface area (Å²) in [4.78, 5) is 25.0. The number of ether oxygens (including phenoxy) is 2. The third-order valence-electron chi connectivity index (χ3n) is 4.04. The van der Waals surface area contributed by atoms with E-state index in [1.54, 1.807) is 35.2 Å². The average Bonchev–Trinajstić information content (AvgIpc) is 2.67. The van der Waals surface area contributed by atoms with E-state index >= 15 is 0 Å². The van der Waals surface area contributed by atoms with E-state index in [-0.39, 0.29) is 17.8 Å². The molecule has 0 bridgehead atoms. The molecule has 1 atom stereocenters. The fourth-order valence-corrected chi connectivity index (χ4v) is 2.76. The first-order valence-electron chi connectivity index (χ1n) is 8.14. The van der Waals surface area contributed by atoms with Crippen LogP contribution in [0.15, 0.2) is 48.5 Å². The van der Waals surface area contributed by atoms with Crippen molar-refractivity contribution in [3.8, 4) is 5.75 Å². The Morgan fingerprint density at radius 1 is 1.23 bits per heavy atom. The highest BCUT2D eigenvalue weighted by Gasteiger charge is 2.26. The number of amides is 1. The Morgan fingerprint density at radius 3 is 2.73 bits per heavy atom. The molecule has 1 N–H and O–H groups in total. The van der Waals surface area contributed by atoms with Crippen LogP contribution in [0.5, 0.6) is 5.75 Å². The van der Waals surface area contributed by atoms with E-state index < -0.39 is 12.6 Å². The zero-order chi connectivity index (χ0) is 18.5. The van der Waals surface area contributed by atoms with Crippen LogP contribution in [-0.4, -0.2) is 48.2 Å². The Labute approximate surface area is 149 Å². The first-order valence-corrected chi connectivity index (χ1v) is 8.14. The molecule has 0 aliphatic carbocycles. The van der Waals surface area contributed by atoms with Gasteiger partial charge in [-0.15, -0.1) is 0 Å². The van der Waals surface area contributed by atoms with Crippen molar-refractivity contribution in [1.82, 2.24) is 4.90 Å². The molecule has 0 aromatic heterocycles. The van der Waals surface area contributed by atoms with E-state index in [2.05, 4.69) is 0 Å². The average molecular weight is 359 g/mol. The summed E-state index contributed by atoms with van der Waals surface area (Å²) >= 11 is 0. The number of nitrogens with zero attached hydrogens (tertiary/aromatic N) is 1. The van der Waals surface area contributed by atoms with Crippen LogP contribution >= 0.6 is 0 Å². The Morgan fingerprint density at radius 2 is 2.00 bits per heavy atom. The summed E-state index contributed by atoms with van der Waals surface area (Å²) in [6.07, 6.45) is -0.320. The molecule has 136 valence electrons. The van der Waals surface area contributed by atoms with Crippen LogP contribution in [0.4, 0.5) is 4.39 Å². The number of aliphatic carboxylic acids is 1. The lowest BCUT2D eigenvalue weighted by Crippen LogP contribution is -2.42. The van der Waals surface area contributed by atoms with E-state index in [1.165, 1.54) is 18.2 Å². The van der Waals surface area contributed by atoms with Gasteiger partial charge in [0.2, 0.25) is 0 Å². The van der Waals surface area contributed by atoms with Crippen molar-refractivity contribution < 1.29 is 28.6 Å². The van der Waals surface area contributed by atoms with Crippen LogP contribution in [0.2, 0.25) is 0 Å². The highest BCUT2D eigenvalue weighted by Crippen LogP contribution is 2.24. The molecular weight excluding hydrogens is 341 g/mol. The normalized spacial score (nSPS) is 17.0. The molecule has 0 spiro atoms. The number of carboxylic acids is 1. The smallest absolute Gasteiger partial charge is 0.341 e. The van der Waals surface area contributed by atoms with Crippen molar-refractivity contribution in [3.05, 3.63) is 65.5 Å². The van der Waals surface area contributed by atoms with Gasteiger partial charge in [0.25, 0.3) is 5.91 Å². The molecule has 1 aliphatic heterocycles. The van der Waals surface area contributed by atoms with Crippen molar-refractivity contribution in [3.63, 3.8) is 0 Å². The Kier molecular flexibility index (Phi) is 5.48. The van der Waals surface area contributed by atoms with Crippen LogP contribution in [0.25, 0.3) is 0 Å². The van der Waals surface area contributed by atoms with Gasteiger partial charge in [-0.3, -0.25) is 4.79 Å². The molecule has 1 amide bonds. The molecule has 6 nitrogen and oxygen atoms in total. The standard InChI is InChI=1S/C19H18FNO5/c20-15-6-4-13(5-7-15)17-11-21(8-9-25-17)19(24)14-2-1-3-16(10-14)26-12-18(22)23/h1-7,10,17H,8-9,11-12H2,(H,22,23). The highest BCUT2D eigenvalue weighted by molar-refractivity contribution is 5.94. The largest absolute Gasteiger partial charge is 0.482 e. The number of carbonyl (C=O) groups excluding carboxylic acids is 1. The quantitative estimate of drug-likeness (QED) is 0.888. The second-order valence-electron chi connectivity index (χ2n) is 5.87. The van der Waals surface area contributed by atoms with Crippen LogP contribution in [0.3, 0.4) is 0 Å². The number of carbonyl (C=O) groups is 2. The van der Waals surface area contributed by atoms with Gasteiger partial charge in [0.15, 0.2) is 6.61 Å². The lowest BCUT2D eigenvalue weighted by atomic mass is 10.1. The van der Waals surface area contributed by atoms with Crippen molar-refractivity contribution in [2.75, 3.05) is 26.3 Å². The molecule has 1 fully saturated rings. The lowest BCUT2D eigenvalue weighted by molar-refractivity contribution is -0.139. The predicted octanol–water partition coefficient (Wildman–Crippen LogP) is 2.50. The maximum Gasteiger partial charge on any atom is 0.341 e. The second-order valence-corrected chi connectivity index (χ2v) is 5.87. The summed E-state index contributed by atoms with van der Waals surface area (Å²) in [7, 11) is 0. The molecule has 7 heteroatoms. The number of morpholine rings is 1. The number of rotatable bonds is 5. The maximum absolute atomic E-state index is 13.1. The van der Waals surface area contributed by atoms with Gasteiger partial charge < -0.3 is 19.5 Å². The van der Waals surface area contributed by atoms with Crippen molar-refractivity contribution in [2.24, 2.45) is 0 Å². The first-order chi connectivity index (χ1) is 12.5. The fraction of sp³-hybridized carbons (Fsp3) is 0.263. The van der Waals surface area contributed by atoms with Gasteiger partial charge in [0, 0.05) is 12.1 Å². The zero-order valence-corrected chi connectivity index (χ0v) is 13.9. The summed E-state index contributed by atoms with van der Waals surface area (Å²) in [5.74, 6) is -1.28. The van der Waals surface area contributed by atoms with Gasteiger partial charge in [-0.1, -0.05) is 18.2 Å². The van der Waals surface area contributed by atoms with Gasteiger partial charge in [-0.25, -0.2) is 9.18 Å². The van der Waals surface area contributed by atoms with Gasteiger partial charge in [0.05, 0.1) is 13.2 Å². The van der Waals surface area contributed by atoms with Crippen LogP contribution < -0.4 is 4.74 Å². The molecular formula is C19H18FNO5. The van der Waals surface area contributed by atoms with Crippen LogP contribution in [0, 0.1) is 5.82 Å². The molecule has 3 rings (SSSR count). The molecule has 26 heavy (non-hydrogen) atoms. The molecule has 0 radical (unpaired) electrons. The predicted molar refractivity (Wildman–Crippen MR) is 90.6 cm³/mol. The molecule has 0 saturated carbocycles. The molecule has 1 aliphatic rings. The first kappa shape index (κ1) is 17.9. The number of benzene rings is 2. The SMILES string of the molecule is O=C(O)COc1cccc(C(=O)N2CCOC(c3ccc(F)cc3)C2)c1. The summed E-state index contributed by atoms with van der Waals surface area (Å²) in [5, 5.41) is 8.67. The minimum Gasteiger partial charge on any atom is -0.482 e. The summed E-state index contributed by atoms with van der Waals surface area (Å²) < 4.78 is 23.9. The van der Waals surface area contributed by atoms with Gasteiger partial charge >= 0.3 is 5.97 Å². The lowest BCUT2D eigenvalue weighted by Gasteiger charge is -2.33. The van der Waals surface area contributed by atoms with Crippen molar-refractivity contribution in [2.45, 2.75) is 6.10 Å². The third-order valence-corrected chi connectivity index (χ3v) is 4.04. The van der Waals surface area contributed by atoms with Gasteiger partial charge in [-0.2, -0.15) is 0 Å². The van der Waals surface area contributed by atoms with Gasteiger partial charge in [0.1, 0.15) is 17.7 Å². The number of hydrogen-bond donors (Lipinski definition) is 1. The fourth-order valence-electron chi connectivity index (χ4n) is 2.76. The minimum atomic E-state index is -1.09. The molecule has 1 unspecified atom stereocenters. The van der Waals surface area contributed by atoms with E-state index in [0.717, 1.165) is 5.56 Å². The van der Waals surface area contributed by atoms with Crippen LogP contribution in [0.1, 0.15) is 22.0 Å². The van der Waals surface area contributed by atoms with E-state index in [4.69, 9.17) is 14.6 Å². The van der Waals surface area contributed by atoms with Crippen LogP contribution in [-0.2, 0) is 9.53 Å².